The Kier molecular flexibility index (Phi) is 3.09. The zero-order chi connectivity index (χ0) is 11.5. The molecular weight excluding hydrogens is 230 g/mol. The van der Waals surface area contributed by atoms with Crippen molar-refractivity contribution >= 4 is 29.3 Å². The van der Waals surface area contributed by atoms with E-state index < -0.39 is 0 Å². The summed E-state index contributed by atoms with van der Waals surface area (Å²) in [6.07, 6.45) is 2.30. The first kappa shape index (κ1) is 10.9. The third kappa shape index (κ3) is 2.33. The Morgan fingerprint density at radius 3 is 3.19 bits per heavy atom. The monoisotopic (exact) mass is 241 g/mol. The number of carbonyl (C=O) groups is 1. The highest BCUT2D eigenvalue weighted by atomic mass is 35.5. The van der Waals surface area contributed by atoms with Crippen molar-refractivity contribution in [3.63, 3.8) is 0 Å². The number of aromatic nitrogens is 2. The molecule has 0 atom stereocenters. The molecule has 0 unspecified atom stereocenters. The summed E-state index contributed by atoms with van der Waals surface area (Å²) in [7, 11) is 0. The van der Waals surface area contributed by atoms with Gasteiger partial charge in [-0.15, -0.1) is 0 Å². The molecule has 0 radical (unpaired) electrons. The van der Waals surface area contributed by atoms with Crippen molar-refractivity contribution in [2.75, 3.05) is 30.3 Å². The molecule has 1 aliphatic heterocycles. The van der Waals surface area contributed by atoms with Crippen molar-refractivity contribution in [1.29, 1.82) is 0 Å². The highest BCUT2D eigenvalue weighted by Gasteiger charge is 2.18. The number of anilines is 2. The fourth-order valence-corrected chi connectivity index (χ4v) is 1.79. The minimum absolute atomic E-state index is 0.0363. The van der Waals surface area contributed by atoms with Crippen molar-refractivity contribution < 1.29 is 4.79 Å². The lowest BCUT2D eigenvalue weighted by atomic mass is 10.4. The molecule has 0 spiro atoms. The van der Waals surface area contributed by atoms with Gasteiger partial charge in [0, 0.05) is 13.1 Å². The van der Waals surface area contributed by atoms with Crippen molar-refractivity contribution in [2.24, 2.45) is 0 Å². The van der Waals surface area contributed by atoms with Crippen LogP contribution in [0.4, 0.5) is 11.8 Å². The van der Waals surface area contributed by atoms with Gasteiger partial charge in [0.25, 0.3) is 0 Å². The van der Waals surface area contributed by atoms with E-state index in [0.29, 0.717) is 17.4 Å². The molecule has 1 aliphatic rings. The van der Waals surface area contributed by atoms with Crippen LogP contribution in [-0.2, 0) is 4.79 Å². The minimum Gasteiger partial charge on any atom is -0.368 e. The Balaban J connectivity index is 2.27. The number of rotatable bonds is 1. The van der Waals surface area contributed by atoms with Gasteiger partial charge in [-0.2, -0.15) is 4.98 Å². The van der Waals surface area contributed by atoms with Crippen molar-refractivity contribution in [2.45, 2.75) is 6.42 Å². The van der Waals surface area contributed by atoms with Crippen LogP contribution in [0, 0.1) is 0 Å². The second kappa shape index (κ2) is 4.52. The molecular formula is C9H12ClN5O. The fraction of sp³-hybridized carbons (Fsp3) is 0.444. The van der Waals surface area contributed by atoms with E-state index in [1.54, 1.807) is 0 Å². The third-order valence-electron chi connectivity index (χ3n) is 2.31. The molecule has 1 saturated heterocycles. The van der Waals surface area contributed by atoms with Crippen molar-refractivity contribution in [1.82, 2.24) is 15.3 Å². The van der Waals surface area contributed by atoms with Crippen molar-refractivity contribution in [3.05, 3.63) is 11.2 Å². The predicted molar refractivity (Wildman–Crippen MR) is 61.3 cm³/mol. The second-order valence-electron chi connectivity index (χ2n) is 3.52. The topological polar surface area (TPSA) is 84.1 Å². The SMILES string of the molecule is Nc1ncc(Cl)c(N2CCCNC(=O)C2)n1. The molecule has 0 bridgehead atoms. The predicted octanol–water partition coefficient (Wildman–Crippen LogP) is 0.0385. The molecule has 1 amide bonds. The summed E-state index contributed by atoms with van der Waals surface area (Å²) in [5.41, 5.74) is 5.50. The number of hydrogen-bond donors (Lipinski definition) is 2. The molecule has 0 saturated carbocycles. The maximum absolute atomic E-state index is 11.4. The molecule has 1 aromatic heterocycles. The number of nitrogens with one attached hydrogen (secondary N) is 1. The van der Waals surface area contributed by atoms with E-state index in [9.17, 15) is 4.79 Å². The van der Waals surface area contributed by atoms with E-state index in [4.69, 9.17) is 17.3 Å². The quantitative estimate of drug-likeness (QED) is 0.725. The summed E-state index contributed by atoms with van der Waals surface area (Å²) in [5, 5.41) is 3.19. The number of nitrogen functional groups attached to an aromatic ring is 1. The van der Waals surface area contributed by atoms with E-state index >= 15 is 0 Å². The van der Waals surface area contributed by atoms with Gasteiger partial charge in [-0.3, -0.25) is 4.79 Å². The molecule has 1 aromatic rings. The molecule has 7 heteroatoms. The van der Waals surface area contributed by atoms with E-state index in [2.05, 4.69) is 15.3 Å². The zero-order valence-corrected chi connectivity index (χ0v) is 9.37. The standard InChI is InChI=1S/C9H12ClN5O/c10-6-4-13-9(11)14-8(6)15-3-1-2-12-7(16)5-15/h4H,1-3,5H2,(H,12,16)(H2,11,13,14). The summed E-state index contributed by atoms with van der Waals surface area (Å²) in [6.45, 7) is 1.64. The van der Waals surface area contributed by atoms with Gasteiger partial charge in [0.2, 0.25) is 11.9 Å². The molecule has 16 heavy (non-hydrogen) atoms. The maximum atomic E-state index is 11.4. The van der Waals surface area contributed by atoms with Crippen LogP contribution in [0.2, 0.25) is 5.02 Å². The van der Waals surface area contributed by atoms with Crippen LogP contribution in [0.25, 0.3) is 0 Å². The Morgan fingerprint density at radius 1 is 1.56 bits per heavy atom. The van der Waals surface area contributed by atoms with Gasteiger partial charge in [-0.25, -0.2) is 4.98 Å². The van der Waals surface area contributed by atoms with Crippen LogP contribution in [0.15, 0.2) is 6.20 Å². The summed E-state index contributed by atoms with van der Waals surface area (Å²) >= 11 is 5.98. The van der Waals surface area contributed by atoms with Gasteiger partial charge in [0.05, 0.1) is 12.7 Å². The number of carbonyl (C=O) groups excluding carboxylic acids is 1. The molecule has 2 heterocycles. The van der Waals surface area contributed by atoms with Crippen molar-refractivity contribution in [3.8, 4) is 0 Å². The first-order valence-electron chi connectivity index (χ1n) is 4.96. The largest absolute Gasteiger partial charge is 0.368 e. The number of hydrogen-bond acceptors (Lipinski definition) is 5. The first-order valence-corrected chi connectivity index (χ1v) is 5.34. The van der Waals surface area contributed by atoms with Crippen LogP contribution in [0.3, 0.4) is 0 Å². The number of amides is 1. The molecule has 86 valence electrons. The average molecular weight is 242 g/mol. The van der Waals surface area contributed by atoms with Gasteiger partial charge in [0.15, 0.2) is 5.82 Å². The summed E-state index contributed by atoms with van der Waals surface area (Å²) < 4.78 is 0. The van der Waals surface area contributed by atoms with E-state index in [-0.39, 0.29) is 18.4 Å². The van der Waals surface area contributed by atoms with E-state index in [1.807, 2.05) is 4.90 Å². The lowest BCUT2D eigenvalue weighted by molar-refractivity contribution is -0.119. The fourth-order valence-electron chi connectivity index (χ4n) is 1.58. The Morgan fingerprint density at radius 2 is 2.38 bits per heavy atom. The minimum atomic E-state index is -0.0363. The van der Waals surface area contributed by atoms with Gasteiger partial charge < -0.3 is 16.0 Å². The molecule has 6 nitrogen and oxygen atoms in total. The molecule has 2 rings (SSSR count). The third-order valence-corrected chi connectivity index (χ3v) is 2.57. The summed E-state index contributed by atoms with van der Waals surface area (Å²) in [4.78, 5) is 21.0. The first-order chi connectivity index (χ1) is 7.66. The smallest absolute Gasteiger partial charge is 0.239 e. The van der Waals surface area contributed by atoms with E-state index in [0.717, 1.165) is 13.0 Å². The van der Waals surface area contributed by atoms with Gasteiger partial charge >= 0.3 is 0 Å². The highest BCUT2D eigenvalue weighted by molar-refractivity contribution is 6.32. The van der Waals surface area contributed by atoms with Crippen LogP contribution in [-0.4, -0.2) is 35.5 Å². The number of nitrogens with zero attached hydrogens (tertiary/aromatic N) is 3. The van der Waals surface area contributed by atoms with Gasteiger partial charge in [-0.05, 0) is 6.42 Å². The lowest BCUT2D eigenvalue weighted by Crippen LogP contribution is -2.33. The highest BCUT2D eigenvalue weighted by Crippen LogP contribution is 2.23. The summed E-state index contributed by atoms with van der Waals surface area (Å²) in [6, 6.07) is 0. The summed E-state index contributed by atoms with van der Waals surface area (Å²) in [5.74, 6) is 0.640. The Hall–Kier alpha value is -1.56. The average Bonchev–Trinajstić information content (AvgIpc) is 2.46. The lowest BCUT2D eigenvalue weighted by Gasteiger charge is -2.20. The number of nitrogens with two attached hydrogens (primary N) is 1. The number of halogens is 1. The molecule has 0 aromatic carbocycles. The Bertz CT molecular complexity index is 411. The van der Waals surface area contributed by atoms with E-state index in [1.165, 1.54) is 6.20 Å². The molecule has 0 aliphatic carbocycles. The van der Waals surface area contributed by atoms with Crippen LogP contribution >= 0.6 is 11.6 Å². The molecule has 1 fully saturated rings. The van der Waals surface area contributed by atoms with Gasteiger partial charge in [0.1, 0.15) is 5.02 Å². The van der Waals surface area contributed by atoms with Gasteiger partial charge in [-0.1, -0.05) is 11.6 Å². The normalized spacial score (nSPS) is 16.8. The molecule has 3 N–H and O–H groups in total. The second-order valence-corrected chi connectivity index (χ2v) is 3.93. The van der Waals surface area contributed by atoms with Crippen LogP contribution in [0.1, 0.15) is 6.42 Å². The zero-order valence-electron chi connectivity index (χ0n) is 8.61. The van der Waals surface area contributed by atoms with Crippen LogP contribution < -0.4 is 16.0 Å². The Labute approximate surface area is 97.8 Å². The maximum Gasteiger partial charge on any atom is 0.239 e. The van der Waals surface area contributed by atoms with Crippen LogP contribution in [0.5, 0.6) is 0 Å².